The molecule has 22 heavy (non-hydrogen) atoms. The van der Waals surface area contributed by atoms with Crippen molar-refractivity contribution in [2.45, 2.75) is 19.5 Å². The number of nitrogens with zero attached hydrogens (tertiary/aromatic N) is 3. The highest BCUT2D eigenvalue weighted by molar-refractivity contribution is 5.66. The van der Waals surface area contributed by atoms with Crippen LogP contribution in [-0.2, 0) is 22.6 Å². The first-order valence-corrected chi connectivity index (χ1v) is 6.87. The Labute approximate surface area is 127 Å². The van der Waals surface area contributed by atoms with E-state index in [0.717, 1.165) is 11.1 Å². The van der Waals surface area contributed by atoms with Crippen molar-refractivity contribution in [3.05, 3.63) is 47.1 Å². The van der Waals surface area contributed by atoms with Crippen LogP contribution in [0.1, 0.15) is 6.42 Å². The topological polar surface area (TPSA) is 85.3 Å². The number of carbonyl (C=O) groups is 1. The van der Waals surface area contributed by atoms with Crippen LogP contribution in [0.4, 0.5) is 0 Å². The minimum atomic E-state index is -0.863. The number of pyridine rings is 1. The maximum Gasteiger partial charge on any atom is 0.309 e. The molecule has 7 heteroatoms. The second-order valence-electron chi connectivity index (χ2n) is 4.76. The molecule has 1 N–H and O–H groups in total. The molecular weight excluding hydrogens is 286 g/mol. The quantitative estimate of drug-likeness (QED) is 0.745. The summed E-state index contributed by atoms with van der Waals surface area (Å²) in [6, 6.07) is 5.20. The smallest absolute Gasteiger partial charge is 0.309 e. The molecule has 2 heterocycles. The molecule has 0 unspecified atom stereocenters. The minimum Gasteiger partial charge on any atom is -0.481 e. The van der Waals surface area contributed by atoms with Gasteiger partial charge in [0.15, 0.2) is 12.7 Å². The van der Waals surface area contributed by atoms with Crippen LogP contribution in [0.2, 0.25) is 0 Å². The van der Waals surface area contributed by atoms with Gasteiger partial charge >= 0.3 is 5.97 Å². The van der Waals surface area contributed by atoms with Crippen molar-refractivity contribution in [1.29, 1.82) is 0 Å². The summed E-state index contributed by atoms with van der Waals surface area (Å²) < 4.78 is 8.09. The van der Waals surface area contributed by atoms with Gasteiger partial charge < -0.3 is 14.4 Å². The number of aliphatic carboxylic acids is 1. The van der Waals surface area contributed by atoms with Gasteiger partial charge in [-0.05, 0) is 16.7 Å². The van der Waals surface area contributed by atoms with Crippen molar-refractivity contribution in [2.24, 2.45) is 0 Å². The highest BCUT2D eigenvalue weighted by Gasteiger charge is 2.08. The molecule has 0 aliphatic carbocycles. The van der Waals surface area contributed by atoms with E-state index in [4.69, 9.17) is 9.84 Å². The molecule has 2 rings (SSSR count). The van der Waals surface area contributed by atoms with Crippen molar-refractivity contribution >= 4 is 5.97 Å². The number of ether oxygens (including phenoxy) is 1. The van der Waals surface area contributed by atoms with Crippen LogP contribution in [0, 0.1) is 0 Å². The zero-order valence-corrected chi connectivity index (χ0v) is 12.3. The van der Waals surface area contributed by atoms with E-state index in [0.29, 0.717) is 19.7 Å². The van der Waals surface area contributed by atoms with Crippen LogP contribution in [0.25, 0.3) is 11.1 Å². The van der Waals surface area contributed by atoms with E-state index >= 15 is 0 Å². The maximum atomic E-state index is 12.0. The molecule has 2 aromatic rings. The molecular formula is C15H18N3O4+. The van der Waals surface area contributed by atoms with Crippen molar-refractivity contribution in [3.8, 4) is 11.1 Å². The molecule has 0 fully saturated rings. The van der Waals surface area contributed by atoms with Gasteiger partial charge in [-0.15, -0.1) is 0 Å². The molecule has 7 nitrogen and oxygen atoms in total. The van der Waals surface area contributed by atoms with Gasteiger partial charge in [0.05, 0.1) is 6.61 Å². The number of carboxylic acids is 1. The van der Waals surface area contributed by atoms with Gasteiger partial charge in [-0.3, -0.25) is 9.59 Å². The molecule has 0 bridgehead atoms. The zero-order chi connectivity index (χ0) is 15.9. The summed E-state index contributed by atoms with van der Waals surface area (Å²) >= 11 is 0. The van der Waals surface area contributed by atoms with E-state index < -0.39 is 5.97 Å². The largest absolute Gasteiger partial charge is 0.481 e. The van der Waals surface area contributed by atoms with Crippen LogP contribution in [0.15, 0.2) is 41.6 Å². The number of aryl methyl sites for hydroxylation is 1. The van der Waals surface area contributed by atoms with Crippen LogP contribution < -0.4 is 10.2 Å². The first kappa shape index (κ1) is 15.8. The van der Waals surface area contributed by atoms with Gasteiger partial charge in [0, 0.05) is 37.5 Å². The molecule has 0 aromatic carbocycles. The summed E-state index contributed by atoms with van der Waals surface area (Å²) in [7, 11) is 1.59. The molecule has 0 amide bonds. The van der Waals surface area contributed by atoms with E-state index in [9.17, 15) is 9.59 Å². The third-order valence-electron chi connectivity index (χ3n) is 3.19. The fourth-order valence-corrected chi connectivity index (χ4v) is 1.96. The molecule has 0 atom stereocenters. The summed E-state index contributed by atoms with van der Waals surface area (Å²) in [4.78, 5) is 22.5. The number of carboxylic acid groups (broad SMARTS) is 1. The average Bonchev–Trinajstić information content (AvgIpc) is 2.52. The number of hydrogen-bond donors (Lipinski definition) is 1. The van der Waals surface area contributed by atoms with Crippen molar-refractivity contribution in [2.75, 3.05) is 13.7 Å². The van der Waals surface area contributed by atoms with Crippen LogP contribution >= 0.6 is 0 Å². The third kappa shape index (κ3) is 4.23. The van der Waals surface area contributed by atoms with Crippen LogP contribution in [-0.4, -0.2) is 34.5 Å². The maximum absolute atomic E-state index is 12.0. The Balaban J connectivity index is 2.13. The molecule has 0 saturated carbocycles. The summed E-state index contributed by atoms with van der Waals surface area (Å²) in [6.45, 7) is 1.31. The lowest BCUT2D eigenvalue weighted by atomic mass is 10.1. The standard InChI is InChI=1S/C15H17N3O4/c1-22-9-8-17-5-2-12(10-14(17)19)13-3-6-18(16-11-13)7-4-15(20)21/h2-3,5-6,10-11H,4,7-9H2,1H3/p+1. The first-order chi connectivity index (χ1) is 10.6. The van der Waals surface area contributed by atoms with Gasteiger partial charge in [-0.25, -0.2) is 0 Å². The van der Waals surface area contributed by atoms with Gasteiger partial charge in [-0.1, -0.05) is 4.68 Å². The van der Waals surface area contributed by atoms with Gasteiger partial charge in [-0.2, -0.15) is 0 Å². The Bertz CT molecular complexity index is 695. The van der Waals surface area contributed by atoms with Crippen LogP contribution in [0.3, 0.4) is 0 Å². The average molecular weight is 304 g/mol. The van der Waals surface area contributed by atoms with Gasteiger partial charge in [0.25, 0.3) is 5.56 Å². The Morgan fingerprint density at radius 2 is 2.23 bits per heavy atom. The van der Waals surface area contributed by atoms with E-state index in [1.54, 1.807) is 41.0 Å². The SMILES string of the molecule is COCCn1ccc(-c2cc[n+](CCC(=O)O)nc2)cc1=O. The fraction of sp³-hybridized carbons (Fsp3) is 0.333. The van der Waals surface area contributed by atoms with E-state index in [2.05, 4.69) is 5.10 Å². The lowest BCUT2D eigenvalue weighted by Crippen LogP contribution is -2.38. The lowest BCUT2D eigenvalue weighted by molar-refractivity contribution is -0.752. The zero-order valence-electron chi connectivity index (χ0n) is 12.3. The molecule has 0 spiro atoms. The fourth-order valence-electron chi connectivity index (χ4n) is 1.96. The van der Waals surface area contributed by atoms with Crippen molar-refractivity contribution in [3.63, 3.8) is 0 Å². The van der Waals surface area contributed by atoms with Crippen molar-refractivity contribution < 1.29 is 19.3 Å². The van der Waals surface area contributed by atoms with E-state index in [1.165, 1.54) is 0 Å². The highest BCUT2D eigenvalue weighted by atomic mass is 16.5. The predicted molar refractivity (Wildman–Crippen MR) is 78.3 cm³/mol. The highest BCUT2D eigenvalue weighted by Crippen LogP contribution is 2.14. The first-order valence-electron chi connectivity index (χ1n) is 6.87. The Hall–Kier alpha value is -2.54. The van der Waals surface area contributed by atoms with Gasteiger partial charge in [0.1, 0.15) is 12.6 Å². The number of hydrogen-bond acceptors (Lipinski definition) is 4. The molecule has 0 aliphatic rings. The molecule has 0 saturated heterocycles. The molecule has 116 valence electrons. The number of rotatable bonds is 7. The van der Waals surface area contributed by atoms with E-state index in [1.807, 2.05) is 12.1 Å². The summed E-state index contributed by atoms with van der Waals surface area (Å²) in [6.07, 6.45) is 5.07. The second-order valence-corrected chi connectivity index (χ2v) is 4.76. The van der Waals surface area contributed by atoms with E-state index in [-0.39, 0.29) is 12.0 Å². The summed E-state index contributed by atoms with van der Waals surface area (Å²) in [5.41, 5.74) is 1.48. The molecule has 2 aromatic heterocycles. The molecule has 0 radical (unpaired) electrons. The number of aromatic nitrogens is 3. The summed E-state index contributed by atoms with van der Waals surface area (Å²) in [5.74, 6) is -0.863. The third-order valence-corrected chi connectivity index (χ3v) is 3.19. The second kappa shape index (κ2) is 7.46. The summed E-state index contributed by atoms with van der Waals surface area (Å²) in [5, 5.41) is 12.8. The predicted octanol–water partition coefficient (Wildman–Crippen LogP) is 0.319. The monoisotopic (exact) mass is 304 g/mol. The normalized spacial score (nSPS) is 10.6. The minimum absolute atomic E-state index is 0.0204. The van der Waals surface area contributed by atoms with Gasteiger partial charge in [0.2, 0.25) is 0 Å². The molecule has 0 aliphatic heterocycles. The lowest BCUT2D eigenvalue weighted by Gasteiger charge is -2.06. The Morgan fingerprint density at radius 1 is 1.41 bits per heavy atom. The number of methoxy groups -OCH3 is 1. The Morgan fingerprint density at radius 3 is 2.82 bits per heavy atom. The van der Waals surface area contributed by atoms with Crippen molar-refractivity contribution in [1.82, 2.24) is 9.67 Å². The Kier molecular flexibility index (Phi) is 5.37. The van der Waals surface area contributed by atoms with Crippen LogP contribution in [0.5, 0.6) is 0 Å².